The van der Waals surface area contributed by atoms with Gasteiger partial charge in [-0.25, -0.2) is 9.97 Å². The van der Waals surface area contributed by atoms with Crippen molar-refractivity contribution in [1.82, 2.24) is 14.9 Å². The Morgan fingerprint density at radius 2 is 2.14 bits per heavy atom. The van der Waals surface area contributed by atoms with Gasteiger partial charge < -0.3 is 10.6 Å². The predicted octanol–water partition coefficient (Wildman–Crippen LogP) is 1.77. The van der Waals surface area contributed by atoms with E-state index >= 15 is 0 Å². The van der Waals surface area contributed by atoms with Gasteiger partial charge in [0.2, 0.25) is 5.91 Å². The highest BCUT2D eigenvalue weighted by Crippen LogP contribution is 2.21. The van der Waals surface area contributed by atoms with Crippen LogP contribution in [0.5, 0.6) is 0 Å². The van der Waals surface area contributed by atoms with E-state index in [0.29, 0.717) is 16.8 Å². The van der Waals surface area contributed by atoms with Crippen LogP contribution >= 0.6 is 11.8 Å². The van der Waals surface area contributed by atoms with Gasteiger partial charge in [0, 0.05) is 30.5 Å². The van der Waals surface area contributed by atoms with Crippen LogP contribution in [0.25, 0.3) is 0 Å². The molecule has 2 heterocycles. The van der Waals surface area contributed by atoms with Crippen molar-refractivity contribution < 1.29 is 4.79 Å². The molecule has 2 rings (SSSR count). The van der Waals surface area contributed by atoms with Crippen molar-refractivity contribution >= 4 is 17.7 Å². The van der Waals surface area contributed by atoms with Crippen LogP contribution in [0.2, 0.25) is 0 Å². The second-order valence-electron chi connectivity index (χ2n) is 5.82. The van der Waals surface area contributed by atoms with Gasteiger partial charge in [-0.1, -0.05) is 11.8 Å². The van der Waals surface area contributed by atoms with E-state index in [2.05, 4.69) is 9.97 Å². The Bertz CT molecular complexity index is 486. The van der Waals surface area contributed by atoms with Gasteiger partial charge in [0.15, 0.2) is 5.16 Å². The summed E-state index contributed by atoms with van der Waals surface area (Å²) >= 11 is 1.42. The smallest absolute Gasteiger partial charge is 0.233 e. The van der Waals surface area contributed by atoms with Crippen LogP contribution in [-0.2, 0) is 4.79 Å². The fourth-order valence-electron chi connectivity index (χ4n) is 2.64. The van der Waals surface area contributed by atoms with E-state index in [1.165, 1.54) is 11.8 Å². The predicted molar refractivity (Wildman–Crippen MR) is 85.2 cm³/mol. The van der Waals surface area contributed by atoms with E-state index in [4.69, 9.17) is 5.73 Å². The first-order valence-electron chi connectivity index (χ1n) is 7.44. The van der Waals surface area contributed by atoms with Crippen molar-refractivity contribution in [2.75, 3.05) is 18.8 Å². The molecule has 1 aromatic rings. The lowest BCUT2D eigenvalue weighted by Gasteiger charge is -2.34. The summed E-state index contributed by atoms with van der Waals surface area (Å²) in [5.41, 5.74) is 7.84. The maximum atomic E-state index is 12.3. The largest absolute Gasteiger partial charge is 0.342 e. The highest BCUT2D eigenvalue weighted by atomic mass is 32.2. The number of likely N-dealkylation sites (tertiary alicyclic amines) is 1. The zero-order valence-corrected chi connectivity index (χ0v) is 13.8. The third-order valence-electron chi connectivity index (χ3n) is 3.84. The second kappa shape index (κ2) is 7.22. The molecule has 116 valence electrons. The Labute approximate surface area is 130 Å². The maximum absolute atomic E-state index is 12.3. The summed E-state index contributed by atoms with van der Waals surface area (Å²) in [7, 11) is 0. The van der Waals surface area contributed by atoms with E-state index < -0.39 is 0 Å². The minimum absolute atomic E-state index is 0.149. The Balaban J connectivity index is 1.89. The first-order chi connectivity index (χ1) is 9.95. The fraction of sp³-hybridized carbons (Fsp3) is 0.667. The third-order valence-corrected chi connectivity index (χ3v) is 4.67. The highest BCUT2D eigenvalue weighted by Gasteiger charge is 2.25. The lowest BCUT2D eigenvalue weighted by Crippen LogP contribution is -2.45. The first kappa shape index (κ1) is 16.2. The number of amides is 1. The van der Waals surface area contributed by atoms with E-state index in [1.807, 2.05) is 31.7 Å². The number of carbonyl (C=O) groups is 1. The molecule has 1 aromatic heterocycles. The molecule has 1 fully saturated rings. The van der Waals surface area contributed by atoms with Gasteiger partial charge in [-0.15, -0.1) is 0 Å². The van der Waals surface area contributed by atoms with Gasteiger partial charge in [0.05, 0.1) is 5.75 Å². The van der Waals surface area contributed by atoms with Gasteiger partial charge in [-0.2, -0.15) is 0 Å². The molecule has 0 aliphatic carbocycles. The molecule has 0 spiro atoms. The molecule has 1 amide bonds. The quantitative estimate of drug-likeness (QED) is 0.678. The van der Waals surface area contributed by atoms with E-state index in [1.54, 1.807) is 0 Å². The number of hydrogen-bond acceptors (Lipinski definition) is 5. The molecule has 5 nitrogen and oxygen atoms in total. The summed E-state index contributed by atoms with van der Waals surface area (Å²) in [5, 5.41) is 0.682. The van der Waals surface area contributed by atoms with Crippen molar-refractivity contribution in [2.45, 2.75) is 44.8 Å². The molecule has 0 bridgehead atoms. The molecule has 2 N–H and O–H groups in total. The molecule has 1 saturated heterocycles. The average Bonchev–Trinajstić information content (AvgIpc) is 2.44. The molecule has 0 saturated carbocycles. The van der Waals surface area contributed by atoms with Crippen LogP contribution in [-0.4, -0.2) is 45.7 Å². The van der Waals surface area contributed by atoms with E-state index in [0.717, 1.165) is 37.3 Å². The normalized spacial score (nSPS) is 20.4. The molecule has 1 aliphatic heterocycles. The lowest BCUT2D eigenvalue weighted by atomic mass is 9.92. The average molecular weight is 308 g/mol. The lowest BCUT2D eigenvalue weighted by molar-refractivity contribution is -0.130. The van der Waals surface area contributed by atoms with Gasteiger partial charge in [-0.05, 0) is 45.6 Å². The van der Waals surface area contributed by atoms with Crippen molar-refractivity contribution in [3.8, 4) is 0 Å². The number of aryl methyl sites for hydroxylation is 2. The molecule has 1 aliphatic rings. The van der Waals surface area contributed by atoms with E-state index in [9.17, 15) is 4.79 Å². The van der Waals surface area contributed by atoms with Crippen LogP contribution in [0.4, 0.5) is 0 Å². The number of carbonyl (C=O) groups excluding carboxylic acids is 1. The van der Waals surface area contributed by atoms with Crippen molar-refractivity contribution in [3.63, 3.8) is 0 Å². The van der Waals surface area contributed by atoms with Crippen molar-refractivity contribution in [2.24, 2.45) is 11.7 Å². The molecular formula is C15H24N4OS. The summed E-state index contributed by atoms with van der Waals surface area (Å²) in [6.07, 6.45) is 2.16. The number of hydrogen-bond donors (Lipinski definition) is 1. The van der Waals surface area contributed by atoms with Crippen molar-refractivity contribution in [1.29, 1.82) is 0 Å². The van der Waals surface area contributed by atoms with Crippen LogP contribution in [0, 0.1) is 19.8 Å². The number of piperidine rings is 1. The summed E-state index contributed by atoms with van der Waals surface area (Å²) in [6.45, 7) is 7.54. The third kappa shape index (κ3) is 4.68. The maximum Gasteiger partial charge on any atom is 0.233 e. The van der Waals surface area contributed by atoms with Crippen LogP contribution in [0.3, 0.4) is 0 Å². The van der Waals surface area contributed by atoms with Gasteiger partial charge in [-0.3, -0.25) is 4.79 Å². The summed E-state index contributed by atoms with van der Waals surface area (Å²) in [6, 6.07) is 2.08. The standard InChI is InChI=1S/C15H24N4OS/c1-10-7-11(2)18-15(17-10)21-9-14(20)19-6-4-5-13(8-19)12(3)16/h7,12-13H,4-6,8-9,16H2,1-3H3. The number of aromatic nitrogens is 2. The number of nitrogens with two attached hydrogens (primary N) is 1. The molecule has 6 heteroatoms. The SMILES string of the molecule is Cc1cc(C)nc(SCC(=O)N2CCCC(C(C)N)C2)n1. The number of thioether (sulfide) groups is 1. The minimum atomic E-state index is 0.149. The molecule has 2 atom stereocenters. The van der Waals surface area contributed by atoms with Gasteiger partial charge >= 0.3 is 0 Å². The molecular weight excluding hydrogens is 284 g/mol. The van der Waals surface area contributed by atoms with Gasteiger partial charge in [0.25, 0.3) is 0 Å². The van der Waals surface area contributed by atoms with Crippen LogP contribution in [0.1, 0.15) is 31.2 Å². The highest BCUT2D eigenvalue weighted by molar-refractivity contribution is 7.99. The Hall–Kier alpha value is -1.14. The van der Waals surface area contributed by atoms with Gasteiger partial charge in [0.1, 0.15) is 0 Å². The van der Waals surface area contributed by atoms with Crippen LogP contribution in [0.15, 0.2) is 11.2 Å². The summed E-state index contributed by atoms with van der Waals surface area (Å²) in [4.78, 5) is 23.0. The zero-order chi connectivity index (χ0) is 15.4. The zero-order valence-electron chi connectivity index (χ0n) is 13.0. The number of rotatable bonds is 4. The monoisotopic (exact) mass is 308 g/mol. The topological polar surface area (TPSA) is 72.1 Å². The van der Waals surface area contributed by atoms with E-state index in [-0.39, 0.29) is 11.9 Å². The Kier molecular flexibility index (Phi) is 5.58. The number of nitrogens with zero attached hydrogens (tertiary/aromatic N) is 3. The summed E-state index contributed by atoms with van der Waals surface area (Å²) < 4.78 is 0. The fourth-order valence-corrected chi connectivity index (χ4v) is 3.49. The Morgan fingerprint density at radius 1 is 1.48 bits per heavy atom. The van der Waals surface area contributed by atoms with Crippen LogP contribution < -0.4 is 5.73 Å². The summed E-state index contributed by atoms with van der Waals surface area (Å²) in [5.74, 6) is 0.979. The second-order valence-corrected chi connectivity index (χ2v) is 6.77. The first-order valence-corrected chi connectivity index (χ1v) is 8.42. The Morgan fingerprint density at radius 3 is 2.76 bits per heavy atom. The molecule has 0 aromatic carbocycles. The molecule has 21 heavy (non-hydrogen) atoms. The van der Waals surface area contributed by atoms with Crippen molar-refractivity contribution in [3.05, 3.63) is 17.5 Å². The molecule has 2 unspecified atom stereocenters. The molecule has 0 radical (unpaired) electrons. The minimum Gasteiger partial charge on any atom is -0.342 e.